The standard InChI is InChI=1S/C11H9ClN4O/c1-2-10(17)15-9-5-3-4-8(12)11(9)16-7-13-6-14-16/h2-7H,1H2,(H,15,17). The van der Waals surface area contributed by atoms with Crippen LogP contribution in [0.25, 0.3) is 5.69 Å². The number of nitrogens with zero attached hydrogens (tertiary/aromatic N) is 3. The number of carbonyl (C=O) groups excluding carboxylic acids is 1. The lowest BCUT2D eigenvalue weighted by Crippen LogP contribution is -2.10. The van der Waals surface area contributed by atoms with Crippen LogP contribution in [0.1, 0.15) is 0 Å². The maximum atomic E-state index is 11.3. The van der Waals surface area contributed by atoms with Gasteiger partial charge in [0.15, 0.2) is 0 Å². The highest BCUT2D eigenvalue weighted by Crippen LogP contribution is 2.27. The number of anilines is 1. The van der Waals surface area contributed by atoms with E-state index < -0.39 is 0 Å². The van der Waals surface area contributed by atoms with E-state index in [1.165, 1.54) is 23.4 Å². The lowest BCUT2D eigenvalue weighted by Gasteiger charge is -2.10. The van der Waals surface area contributed by atoms with Crippen molar-refractivity contribution in [3.8, 4) is 5.69 Å². The molecule has 0 aliphatic rings. The predicted molar refractivity (Wildman–Crippen MR) is 65.2 cm³/mol. The summed E-state index contributed by atoms with van der Waals surface area (Å²) in [5.41, 5.74) is 1.12. The van der Waals surface area contributed by atoms with Crippen LogP contribution in [0.2, 0.25) is 5.02 Å². The van der Waals surface area contributed by atoms with Crippen molar-refractivity contribution in [1.29, 1.82) is 0 Å². The summed E-state index contributed by atoms with van der Waals surface area (Å²) >= 11 is 6.08. The van der Waals surface area contributed by atoms with E-state index in [-0.39, 0.29) is 5.91 Å². The predicted octanol–water partition coefficient (Wildman–Crippen LogP) is 2.05. The molecule has 0 spiro atoms. The number of nitrogens with one attached hydrogen (secondary N) is 1. The average Bonchev–Trinajstić information content (AvgIpc) is 2.82. The van der Waals surface area contributed by atoms with Gasteiger partial charge in [-0.1, -0.05) is 24.2 Å². The van der Waals surface area contributed by atoms with E-state index in [1.54, 1.807) is 18.2 Å². The third kappa shape index (κ3) is 2.34. The second-order valence-corrected chi connectivity index (χ2v) is 3.58. The summed E-state index contributed by atoms with van der Waals surface area (Å²) in [5.74, 6) is -0.311. The zero-order valence-corrected chi connectivity index (χ0v) is 9.55. The van der Waals surface area contributed by atoms with Gasteiger partial charge in [0.1, 0.15) is 18.3 Å². The molecule has 0 aliphatic carbocycles. The SMILES string of the molecule is C=CC(=O)Nc1cccc(Cl)c1-n1cncn1. The smallest absolute Gasteiger partial charge is 0.247 e. The van der Waals surface area contributed by atoms with Crippen molar-refractivity contribution >= 4 is 23.2 Å². The molecule has 6 heteroatoms. The number of amides is 1. The van der Waals surface area contributed by atoms with Crippen LogP contribution < -0.4 is 5.32 Å². The van der Waals surface area contributed by atoms with E-state index in [2.05, 4.69) is 22.0 Å². The van der Waals surface area contributed by atoms with Crippen LogP contribution in [0, 0.1) is 0 Å². The van der Waals surface area contributed by atoms with Crippen molar-refractivity contribution in [3.63, 3.8) is 0 Å². The Morgan fingerprint density at radius 1 is 1.53 bits per heavy atom. The Morgan fingerprint density at radius 3 is 3.00 bits per heavy atom. The van der Waals surface area contributed by atoms with Gasteiger partial charge in [-0.3, -0.25) is 4.79 Å². The first-order valence-corrected chi connectivity index (χ1v) is 5.17. The molecule has 86 valence electrons. The normalized spacial score (nSPS) is 9.94. The monoisotopic (exact) mass is 248 g/mol. The Morgan fingerprint density at radius 2 is 2.35 bits per heavy atom. The van der Waals surface area contributed by atoms with E-state index in [0.717, 1.165) is 0 Å². The van der Waals surface area contributed by atoms with Gasteiger partial charge in [-0.25, -0.2) is 9.67 Å². The van der Waals surface area contributed by atoms with Gasteiger partial charge in [-0.2, -0.15) is 5.10 Å². The average molecular weight is 249 g/mol. The van der Waals surface area contributed by atoms with E-state index in [9.17, 15) is 4.79 Å². The first kappa shape index (κ1) is 11.3. The van der Waals surface area contributed by atoms with E-state index in [1.807, 2.05) is 0 Å². The molecule has 1 amide bonds. The summed E-state index contributed by atoms with van der Waals surface area (Å²) in [5, 5.41) is 7.11. The highest BCUT2D eigenvalue weighted by molar-refractivity contribution is 6.33. The molecule has 0 saturated carbocycles. The van der Waals surface area contributed by atoms with Crippen LogP contribution in [-0.4, -0.2) is 20.7 Å². The van der Waals surface area contributed by atoms with Gasteiger partial charge in [-0.15, -0.1) is 0 Å². The number of rotatable bonds is 3. The molecule has 1 heterocycles. The fraction of sp³-hybridized carbons (Fsp3) is 0. The summed E-state index contributed by atoms with van der Waals surface area (Å²) < 4.78 is 1.49. The number of carbonyl (C=O) groups is 1. The van der Waals surface area contributed by atoms with Crippen molar-refractivity contribution in [1.82, 2.24) is 14.8 Å². The minimum atomic E-state index is -0.311. The molecule has 1 aromatic carbocycles. The van der Waals surface area contributed by atoms with Gasteiger partial charge in [0.25, 0.3) is 0 Å². The number of hydrogen-bond donors (Lipinski definition) is 1. The number of halogens is 1. The molecular weight excluding hydrogens is 240 g/mol. The van der Waals surface area contributed by atoms with E-state index >= 15 is 0 Å². The van der Waals surface area contributed by atoms with Crippen LogP contribution in [0.15, 0.2) is 43.5 Å². The zero-order chi connectivity index (χ0) is 12.3. The molecule has 0 radical (unpaired) electrons. The van der Waals surface area contributed by atoms with Gasteiger partial charge in [0, 0.05) is 0 Å². The summed E-state index contributed by atoms with van der Waals surface area (Å²) in [7, 11) is 0. The molecule has 0 unspecified atom stereocenters. The summed E-state index contributed by atoms with van der Waals surface area (Å²) in [6.45, 7) is 3.39. The molecule has 2 aromatic rings. The van der Waals surface area contributed by atoms with Crippen molar-refractivity contribution in [3.05, 3.63) is 48.5 Å². The van der Waals surface area contributed by atoms with E-state index in [0.29, 0.717) is 16.4 Å². The molecule has 0 aliphatic heterocycles. The van der Waals surface area contributed by atoms with Crippen LogP contribution in [0.4, 0.5) is 5.69 Å². The molecule has 0 bridgehead atoms. The fourth-order valence-electron chi connectivity index (χ4n) is 1.36. The Balaban J connectivity index is 2.49. The lowest BCUT2D eigenvalue weighted by atomic mass is 10.2. The Labute approximate surface area is 103 Å². The molecule has 1 aromatic heterocycles. The number of benzene rings is 1. The molecule has 5 nitrogen and oxygen atoms in total. The van der Waals surface area contributed by atoms with Crippen molar-refractivity contribution in [2.24, 2.45) is 0 Å². The third-order valence-electron chi connectivity index (χ3n) is 2.08. The minimum Gasteiger partial charge on any atom is -0.321 e. The lowest BCUT2D eigenvalue weighted by molar-refractivity contribution is -0.111. The van der Waals surface area contributed by atoms with Crippen molar-refractivity contribution < 1.29 is 4.79 Å². The highest BCUT2D eigenvalue weighted by Gasteiger charge is 2.11. The van der Waals surface area contributed by atoms with Crippen LogP contribution >= 0.6 is 11.6 Å². The first-order valence-electron chi connectivity index (χ1n) is 4.79. The summed E-state index contributed by atoms with van der Waals surface area (Å²) in [6, 6.07) is 5.17. The topological polar surface area (TPSA) is 59.8 Å². The fourth-order valence-corrected chi connectivity index (χ4v) is 1.62. The second kappa shape index (κ2) is 4.80. The van der Waals surface area contributed by atoms with Crippen LogP contribution in [0.5, 0.6) is 0 Å². The van der Waals surface area contributed by atoms with Crippen LogP contribution in [0.3, 0.4) is 0 Å². The molecule has 0 fully saturated rings. The number of hydrogen-bond acceptors (Lipinski definition) is 3. The Kier molecular flexibility index (Phi) is 3.20. The van der Waals surface area contributed by atoms with Crippen LogP contribution in [-0.2, 0) is 4.79 Å². The van der Waals surface area contributed by atoms with E-state index in [4.69, 9.17) is 11.6 Å². The minimum absolute atomic E-state index is 0.311. The Hall–Kier alpha value is -2.14. The third-order valence-corrected chi connectivity index (χ3v) is 2.38. The number of aromatic nitrogens is 3. The maximum Gasteiger partial charge on any atom is 0.247 e. The highest BCUT2D eigenvalue weighted by atomic mass is 35.5. The first-order chi connectivity index (χ1) is 8.22. The van der Waals surface area contributed by atoms with Gasteiger partial charge < -0.3 is 5.32 Å². The molecule has 0 saturated heterocycles. The molecule has 17 heavy (non-hydrogen) atoms. The Bertz CT molecular complexity index is 551. The summed E-state index contributed by atoms with van der Waals surface area (Å²) in [4.78, 5) is 15.1. The quantitative estimate of drug-likeness (QED) is 0.846. The van der Waals surface area contributed by atoms with Crippen molar-refractivity contribution in [2.45, 2.75) is 0 Å². The molecular formula is C11H9ClN4O. The molecule has 0 atom stereocenters. The van der Waals surface area contributed by atoms with Crippen molar-refractivity contribution in [2.75, 3.05) is 5.32 Å². The van der Waals surface area contributed by atoms with Gasteiger partial charge >= 0.3 is 0 Å². The second-order valence-electron chi connectivity index (χ2n) is 3.17. The molecule has 1 N–H and O–H groups in total. The van der Waals surface area contributed by atoms with Gasteiger partial charge in [-0.05, 0) is 18.2 Å². The zero-order valence-electron chi connectivity index (χ0n) is 8.80. The van der Waals surface area contributed by atoms with Gasteiger partial charge in [0.2, 0.25) is 5.91 Å². The number of para-hydroxylation sites is 1. The summed E-state index contributed by atoms with van der Waals surface area (Å²) in [6.07, 6.45) is 4.08. The van der Waals surface area contributed by atoms with Gasteiger partial charge in [0.05, 0.1) is 10.7 Å². The largest absolute Gasteiger partial charge is 0.321 e. The molecule has 2 rings (SSSR count). The maximum absolute atomic E-state index is 11.3.